The van der Waals surface area contributed by atoms with E-state index in [2.05, 4.69) is 10.3 Å². The van der Waals surface area contributed by atoms with Gasteiger partial charge in [-0.25, -0.2) is 4.79 Å². The zero-order chi connectivity index (χ0) is 19.4. The fraction of sp³-hybridized carbons (Fsp3) is 0.200. The summed E-state index contributed by atoms with van der Waals surface area (Å²) in [6.07, 6.45) is 2.14. The number of benzene rings is 2. The Labute approximate surface area is 168 Å². The standard InChI is InChI=1S/C20H21N3O4.ClH/c21-16(9-12-5-7-14(24)8-6-12)19(25)23-18(20(26)27)10-13-11-22-17-4-2-1-3-15(13)17;/h1-8,11,16,18,22,24H,9-10,21H2,(H,23,25)(H,26,27);1H/t16-,18+;/m0./s1. The average Bonchev–Trinajstić information content (AvgIpc) is 3.06. The minimum absolute atomic E-state index is 0. The number of phenols is 1. The normalized spacial score (nSPS) is 12.8. The first-order chi connectivity index (χ1) is 12.9. The van der Waals surface area contributed by atoms with Crippen LogP contribution in [0.3, 0.4) is 0 Å². The Kier molecular flexibility index (Phi) is 7.03. The fourth-order valence-electron chi connectivity index (χ4n) is 2.98. The average molecular weight is 404 g/mol. The van der Waals surface area contributed by atoms with Gasteiger partial charge < -0.3 is 26.2 Å². The van der Waals surface area contributed by atoms with E-state index in [1.165, 1.54) is 12.1 Å². The summed E-state index contributed by atoms with van der Waals surface area (Å²) in [6.45, 7) is 0. The van der Waals surface area contributed by atoms with E-state index < -0.39 is 24.0 Å². The Morgan fingerprint density at radius 2 is 1.75 bits per heavy atom. The predicted octanol–water partition coefficient (Wildman–Crippen LogP) is 1.98. The van der Waals surface area contributed by atoms with Gasteiger partial charge >= 0.3 is 5.97 Å². The Morgan fingerprint density at radius 1 is 1.07 bits per heavy atom. The van der Waals surface area contributed by atoms with Crippen LogP contribution >= 0.6 is 12.4 Å². The number of nitrogens with two attached hydrogens (primary N) is 1. The van der Waals surface area contributed by atoms with E-state index in [4.69, 9.17) is 5.73 Å². The molecule has 6 N–H and O–H groups in total. The molecule has 0 aliphatic heterocycles. The summed E-state index contributed by atoms with van der Waals surface area (Å²) >= 11 is 0. The first-order valence-electron chi connectivity index (χ1n) is 8.55. The number of halogens is 1. The van der Waals surface area contributed by atoms with Crippen molar-refractivity contribution < 1.29 is 19.8 Å². The highest BCUT2D eigenvalue weighted by Crippen LogP contribution is 2.19. The van der Waals surface area contributed by atoms with E-state index in [9.17, 15) is 19.8 Å². The van der Waals surface area contributed by atoms with Crippen molar-refractivity contribution in [3.8, 4) is 5.75 Å². The van der Waals surface area contributed by atoms with Crippen LogP contribution in [-0.4, -0.2) is 39.2 Å². The number of rotatable bonds is 7. The SMILES string of the molecule is Cl.N[C@@H](Cc1ccc(O)cc1)C(=O)N[C@H](Cc1c[nH]c2ccccc12)C(=O)O. The van der Waals surface area contributed by atoms with E-state index in [-0.39, 0.29) is 31.0 Å². The molecule has 28 heavy (non-hydrogen) atoms. The number of amides is 1. The molecule has 8 heteroatoms. The highest BCUT2D eigenvalue weighted by atomic mass is 35.5. The van der Waals surface area contributed by atoms with Gasteiger partial charge in [-0.2, -0.15) is 0 Å². The summed E-state index contributed by atoms with van der Waals surface area (Å²) in [4.78, 5) is 27.1. The minimum Gasteiger partial charge on any atom is -0.508 e. The van der Waals surface area contributed by atoms with Gasteiger partial charge in [0, 0.05) is 23.5 Å². The first kappa shape index (κ1) is 21.3. The number of carboxylic acids is 1. The van der Waals surface area contributed by atoms with Gasteiger partial charge in [0.25, 0.3) is 0 Å². The van der Waals surface area contributed by atoms with Crippen molar-refractivity contribution in [1.29, 1.82) is 0 Å². The highest BCUT2D eigenvalue weighted by molar-refractivity contribution is 5.88. The number of H-pyrrole nitrogens is 1. The van der Waals surface area contributed by atoms with Crippen molar-refractivity contribution in [1.82, 2.24) is 10.3 Å². The second-order valence-corrected chi connectivity index (χ2v) is 6.44. The molecular formula is C20H22ClN3O4. The van der Waals surface area contributed by atoms with Gasteiger partial charge in [0.15, 0.2) is 0 Å². The highest BCUT2D eigenvalue weighted by Gasteiger charge is 2.24. The Morgan fingerprint density at radius 3 is 2.43 bits per heavy atom. The third-order valence-electron chi connectivity index (χ3n) is 4.44. The number of aliphatic carboxylic acids is 1. The number of aromatic amines is 1. The van der Waals surface area contributed by atoms with Crippen LogP contribution in [0.25, 0.3) is 10.9 Å². The molecular weight excluding hydrogens is 382 g/mol. The molecule has 148 valence electrons. The van der Waals surface area contributed by atoms with Gasteiger partial charge in [-0.1, -0.05) is 30.3 Å². The third-order valence-corrected chi connectivity index (χ3v) is 4.44. The van der Waals surface area contributed by atoms with E-state index >= 15 is 0 Å². The molecule has 1 heterocycles. The van der Waals surface area contributed by atoms with Crippen LogP contribution in [0.2, 0.25) is 0 Å². The zero-order valence-electron chi connectivity index (χ0n) is 15.0. The second kappa shape index (κ2) is 9.25. The first-order valence-corrected chi connectivity index (χ1v) is 8.55. The topological polar surface area (TPSA) is 128 Å². The number of nitrogens with one attached hydrogen (secondary N) is 2. The van der Waals surface area contributed by atoms with Crippen molar-refractivity contribution in [2.24, 2.45) is 5.73 Å². The van der Waals surface area contributed by atoms with Gasteiger partial charge in [0.05, 0.1) is 6.04 Å². The molecule has 3 rings (SSSR count). The summed E-state index contributed by atoms with van der Waals surface area (Å²) in [5, 5.41) is 22.2. The molecule has 0 spiro atoms. The van der Waals surface area contributed by atoms with Crippen molar-refractivity contribution in [3.05, 3.63) is 65.9 Å². The number of para-hydroxylation sites is 1. The minimum atomic E-state index is -1.12. The monoisotopic (exact) mass is 403 g/mol. The van der Waals surface area contributed by atoms with Crippen molar-refractivity contribution in [2.45, 2.75) is 24.9 Å². The summed E-state index contributed by atoms with van der Waals surface area (Å²) in [5.41, 5.74) is 8.42. The molecule has 0 radical (unpaired) electrons. The van der Waals surface area contributed by atoms with Gasteiger partial charge in [0.1, 0.15) is 11.8 Å². The number of hydrogen-bond donors (Lipinski definition) is 5. The molecule has 0 aliphatic carbocycles. The molecule has 1 aromatic heterocycles. The number of carbonyl (C=O) groups excluding carboxylic acids is 1. The van der Waals surface area contributed by atoms with E-state index in [1.54, 1.807) is 18.3 Å². The summed E-state index contributed by atoms with van der Waals surface area (Å²) in [7, 11) is 0. The number of carboxylic acid groups (broad SMARTS) is 1. The fourth-order valence-corrected chi connectivity index (χ4v) is 2.98. The molecule has 0 saturated carbocycles. The molecule has 0 bridgehead atoms. The van der Waals surface area contributed by atoms with Crippen molar-refractivity contribution >= 4 is 35.2 Å². The lowest BCUT2D eigenvalue weighted by Gasteiger charge is -2.18. The molecule has 2 aromatic carbocycles. The van der Waals surface area contributed by atoms with Crippen LogP contribution in [0.4, 0.5) is 0 Å². The lowest BCUT2D eigenvalue weighted by atomic mass is 10.0. The number of fused-ring (bicyclic) bond motifs is 1. The number of aromatic hydroxyl groups is 1. The van der Waals surface area contributed by atoms with Gasteiger partial charge in [0.2, 0.25) is 5.91 Å². The molecule has 7 nitrogen and oxygen atoms in total. The maximum Gasteiger partial charge on any atom is 0.326 e. The lowest BCUT2D eigenvalue weighted by Crippen LogP contribution is -2.50. The van der Waals surface area contributed by atoms with Crippen LogP contribution in [0.1, 0.15) is 11.1 Å². The van der Waals surface area contributed by atoms with Gasteiger partial charge in [-0.15, -0.1) is 12.4 Å². The smallest absolute Gasteiger partial charge is 0.326 e. The van der Waals surface area contributed by atoms with Crippen molar-refractivity contribution in [2.75, 3.05) is 0 Å². The molecule has 1 amide bonds. The summed E-state index contributed by atoms with van der Waals surface area (Å²) in [5.74, 6) is -1.53. The quantitative estimate of drug-likeness (QED) is 0.412. The number of hydrogen-bond acceptors (Lipinski definition) is 4. The van der Waals surface area contributed by atoms with E-state index in [0.29, 0.717) is 0 Å². The predicted molar refractivity (Wildman–Crippen MR) is 109 cm³/mol. The van der Waals surface area contributed by atoms with Crippen LogP contribution in [0, 0.1) is 0 Å². The Hall–Kier alpha value is -3.03. The number of phenolic OH excluding ortho intramolecular Hbond substituents is 1. The van der Waals surface area contributed by atoms with Crippen molar-refractivity contribution in [3.63, 3.8) is 0 Å². The van der Waals surface area contributed by atoms with Crippen LogP contribution in [0.15, 0.2) is 54.7 Å². The van der Waals surface area contributed by atoms with Gasteiger partial charge in [-0.3, -0.25) is 4.79 Å². The maximum atomic E-state index is 12.4. The van der Waals surface area contributed by atoms with Crippen LogP contribution in [0.5, 0.6) is 5.75 Å². The lowest BCUT2D eigenvalue weighted by molar-refractivity contribution is -0.141. The Balaban J connectivity index is 0.00000280. The van der Waals surface area contributed by atoms with Crippen LogP contribution in [-0.2, 0) is 22.4 Å². The summed E-state index contributed by atoms with van der Waals surface area (Å²) < 4.78 is 0. The zero-order valence-corrected chi connectivity index (χ0v) is 15.8. The molecule has 3 aromatic rings. The maximum absolute atomic E-state index is 12.4. The van der Waals surface area contributed by atoms with Crippen LogP contribution < -0.4 is 11.1 Å². The third kappa shape index (κ3) is 5.03. The number of carbonyl (C=O) groups is 2. The molecule has 0 saturated heterocycles. The Bertz CT molecular complexity index is 955. The molecule has 0 aliphatic rings. The largest absolute Gasteiger partial charge is 0.508 e. The molecule has 2 atom stereocenters. The van der Waals surface area contributed by atoms with E-state index in [1.807, 2.05) is 24.3 Å². The number of aromatic nitrogens is 1. The van der Waals surface area contributed by atoms with Gasteiger partial charge in [-0.05, 0) is 35.7 Å². The summed E-state index contributed by atoms with van der Waals surface area (Å²) in [6, 6.07) is 12.0. The molecule has 0 unspecified atom stereocenters. The molecule has 0 fully saturated rings. The second-order valence-electron chi connectivity index (χ2n) is 6.44. The van der Waals surface area contributed by atoms with E-state index in [0.717, 1.165) is 22.0 Å².